The molecule has 1 unspecified atom stereocenters. The molecule has 0 radical (unpaired) electrons. The van der Waals surface area contributed by atoms with E-state index >= 15 is 0 Å². The summed E-state index contributed by atoms with van der Waals surface area (Å²) in [6.45, 7) is 2.10. The van der Waals surface area contributed by atoms with Crippen molar-refractivity contribution in [2.24, 2.45) is 0 Å². The predicted molar refractivity (Wildman–Crippen MR) is 140 cm³/mol. The minimum Gasteiger partial charge on any atom is -0.377 e. The van der Waals surface area contributed by atoms with Crippen LogP contribution >= 0.6 is 11.3 Å². The molecular weight excluding hydrogens is 503 g/mol. The number of hydrogen-bond donors (Lipinski definition) is 0. The maximum Gasteiger partial charge on any atom is 0.260 e. The topological polar surface area (TPSA) is 83.1 Å². The summed E-state index contributed by atoms with van der Waals surface area (Å²) in [5, 5.41) is 0.409. The van der Waals surface area contributed by atoms with Gasteiger partial charge in [0, 0.05) is 32.3 Å². The minimum absolute atomic E-state index is 0.0972. The fourth-order valence-corrected chi connectivity index (χ4v) is 6.33. The zero-order chi connectivity index (χ0) is 25.9. The van der Waals surface area contributed by atoms with Gasteiger partial charge < -0.3 is 9.64 Å². The number of sulfonamides is 1. The van der Waals surface area contributed by atoms with Crippen molar-refractivity contribution in [3.63, 3.8) is 0 Å². The van der Waals surface area contributed by atoms with Gasteiger partial charge in [-0.15, -0.1) is 0 Å². The Balaban J connectivity index is 1.56. The third-order valence-electron chi connectivity index (χ3n) is 6.12. The summed E-state index contributed by atoms with van der Waals surface area (Å²) < 4.78 is 47.8. The maximum atomic E-state index is 14.3. The van der Waals surface area contributed by atoms with Crippen molar-refractivity contribution >= 4 is 42.6 Å². The molecule has 1 amide bonds. The van der Waals surface area contributed by atoms with Gasteiger partial charge in [-0.05, 0) is 76.3 Å². The lowest BCUT2D eigenvalue weighted by atomic mass is 10.2. The number of hydrogen-bond acceptors (Lipinski definition) is 7. The highest BCUT2D eigenvalue weighted by atomic mass is 32.2. The zero-order valence-corrected chi connectivity index (χ0v) is 22.3. The SMILES string of the molecule is CN(C)CCCN(C(=O)c1ccc(S(=O)(=O)N(C)CC2CCCO2)cc1)c1nc2c(F)cccc2s1. The number of thiazole rings is 1. The van der Waals surface area contributed by atoms with E-state index in [-0.39, 0.29) is 29.0 Å². The van der Waals surface area contributed by atoms with Crippen molar-refractivity contribution in [1.82, 2.24) is 14.2 Å². The van der Waals surface area contributed by atoms with Crippen molar-refractivity contribution < 1.29 is 22.3 Å². The van der Waals surface area contributed by atoms with Gasteiger partial charge in [-0.2, -0.15) is 4.31 Å². The van der Waals surface area contributed by atoms with E-state index in [0.29, 0.717) is 35.0 Å². The van der Waals surface area contributed by atoms with Gasteiger partial charge in [0.2, 0.25) is 10.0 Å². The van der Waals surface area contributed by atoms with Gasteiger partial charge in [0.05, 0.1) is 15.7 Å². The number of ether oxygens (including phenoxy) is 1. The average molecular weight is 535 g/mol. The molecule has 2 aromatic carbocycles. The Morgan fingerprint density at radius 3 is 2.53 bits per heavy atom. The molecule has 8 nitrogen and oxygen atoms in total. The summed E-state index contributed by atoms with van der Waals surface area (Å²) in [5.41, 5.74) is 0.568. The average Bonchev–Trinajstić information content (AvgIpc) is 3.52. The molecule has 1 aliphatic rings. The number of anilines is 1. The number of fused-ring (bicyclic) bond motifs is 1. The molecule has 1 atom stereocenters. The molecule has 3 aromatic rings. The fourth-order valence-electron chi connectivity index (χ4n) is 4.13. The molecular formula is C25H31FN4O4S2. The molecule has 0 saturated carbocycles. The number of carbonyl (C=O) groups excluding carboxylic acids is 1. The molecule has 0 N–H and O–H groups in total. The van der Waals surface area contributed by atoms with E-state index in [2.05, 4.69) is 4.98 Å². The van der Waals surface area contributed by atoms with Crippen LogP contribution in [-0.2, 0) is 14.8 Å². The second-order valence-corrected chi connectivity index (χ2v) is 12.2. The fraction of sp³-hybridized carbons (Fsp3) is 0.440. The number of benzene rings is 2. The van der Waals surface area contributed by atoms with Crippen LogP contribution in [0.4, 0.5) is 9.52 Å². The third kappa shape index (κ3) is 5.92. The monoisotopic (exact) mass is 534 g/mol. The van der Waals surface area contributed by atoms with E-state index in [1.54, 1.807) is 17.0 Å². The first-order chi connectivity index (χ1) is 17.2. The van der Waals surface area contributed by atoms with Gasteiger partial charge in [-0.1, -0.05) is 17.4 Å². The Morgan fingerprint density at radius 1 is 1.14 bits per heavy atom. The number of para-hydroxylation sites is 1. The quantitative estimate of drug-likeness (QED) is 0.393. The third-order valence-corrected chi connectivity index (χ3v) is 9.00. The van der Waals surface area contributed by atoms with Gasteiger partial charge in [-0.25, -0.2) is 17.8 Å². The van der Waals surface area contributed by atoms with Crippen LogP contribution in [0.1, 0.15) is 29.6 Å². The molecule has 4 rings (SSSR count). The summed E-state index contributed by atoms with van der Waals surface area (Å²) in [7, 11) is 1.73. The molecule has 36 heavy (non-hydrogen) atoms. The van der Waals surface area contributed by atoms with Gasteiger partial charge in [0.15, 0.2) is 5.13 Å². The van der Waals surface area contributed by atoms with E-state index < -0.39 is 15.8 Å². The van der Waals surface area contributed by atoms with E-state index in [0.717, 1.165) is 19.4 Å². The van der Waals surface area contributed by atoms with E-state index in [1.807, 2.05) is 19.0 Å². The van der Waals surface area contributed by atoms with Crippen LogP contribution in [0.3, 0.4) is 0 Å². The van der Waals surface area contributed by atoms with Crippen LogP contribution in [0.25, 0.3) is 10.2 Å². The number of nitrogens with zero attached hydrogens (tertiary/aromatic N) is 4. The molecule has 0 bridgehead atoms. The van der Waals surface area contributed by atoms with Gasteiger partial charge in [0.25, 0.3) is 5.91 Å². The predicted octanol–water partition coefficient (Wildman–Crippen LogP) is 3.83. The Morgan fingerprint density at radius 2 is 1.89 bits per heavy atom. The minimum atomic E-state index is -3.72. The van der Waals surface area contributed by atoms with Crippen LogP contribution in [0.2, 0.25) is 0 Å². The normalized spacial score (nSPS) is 16.3. The second kappa shape index (κ2) is 11.3. The van der Waals surface area contributed by atoms with Crippen LogP contribution in [-0.4, -0.2) is 82.0 Å². The number of halogens is 1. The first-order valence-electron chi connectivity index (χ1n) is 11.9. The lowest BCUT2D eigenvalue weighted by molar-refractivity contribution is 0.0978. The molecule has 0 aliphatic carbocycles. The smallest absolute Gasteiger partial charge is 0.260 e. The standard InChI is InChI=1S/C25H31FN4O4S2/c1-28(2)14-6-15-30(25-27-23-21(26)8-4-9-22(23)35-25)24(31)18-10-12-20(13-11-18)36(32,33)29(3)17-19-7-5-16-34-19/h4,8-13,19H,5-7,14-17H2,1-3H3. The molecule has 11 heteroatoms. The molecule has 2 heterocycles. The highest BCUT2D eigenvalue weighted by Gasteiger charge is 2.27. The molecule has 194 valence electrons. The highest BCUT2D eigenvalue weighted by Crippen LogP contribution is 2.31. The van der Waals surface area contributed by atoms with E-state index in [1.165, 1.54) is 53.0 Å². The molecule has 1 fully saturated rings. The molecule has 1 aromatic heterocycles. The lowest BCUT2D eigenvalue weighted by Gasteiger charge is -2.22. The lowest BCUT2D eigenvalue weighted by Crippen LogP contribution is -2.34. The van der Waals surface area contributed by atoms with Crippen LogP contribution < -0.4 is 4.90 Å². The highest BCUT2D eigenvalue weighted by molar-refractivity contribution is 7.89. The van der Waals surface area contributed by atoms with E-state index in [9.17, 15) is 17.6 Å². The van der Waals surface area contributed by atoms with Crippen molar-refractivity contribution in [2.45, 2.75) is 30.3 Å². The van der Waals surface area contributed by atoms with Crippen molar-refractivity contribution in [1.29, 1.82) is 0 Å². The van der Waals surface area contributed by atoms with Crippen LogP contribution in [0.5, 0.6) is 0 Å². The number of rotatable bonds is 10. The van der Waals surface area contributed by atoms with Crippen molar-refractivity contribution in [3.05, 3.63) is 53.8 Å². The Kier molecular flexibility index (Phi) is 8.36. The summed E-state index contributed by atoms with van der Waals surface area (Å²) in [6.07, 6.45) is 2.37. The Hall–Kier alpha value is -2.44. The van der Waals surface area contributed by atoms with Crippen LogP contribution in [0, 0.1) is 5.82 Å². The van der Waals surface area contributed by atoms with E-state index in [4.69, 9.17) is 4.74 Å². The largest absolute Gasteiger partial charge is 0.377 e. The molecule has 1 saturated heterocycles. The number of carbonyl (C=O) groups is 1. The number of aromatic nitrogens is 1. The first-order valence-corrected chi connectivity index (χ1v) is 14.1. The number of amides is 1. The Labute approximate surface area is 215 Å². The zero-order valence-electron chi connectivity index (χ0n) is 20.7. The molecule has 1 aliphatic heterocycles. The summed E-state index contributed by atoms with van der Waals surface area (Å²) >= 11 is 1.25. The first kappa shape index (κ1) is 26.6. The van der Waals surface area contributed by atoms with Crippen LogP contribution in [0.15, 0.2) is 47.4 Å². The number of likely N-dealkylation sites (N-methyl/N-ethyl adjacent to an activating group) is 1. The summed E-state index contributed by atoms with van der Waals surface area (Å²) in [5.74, 6) is -0.748. The van der Waals surface area contributed by atoms with Crippen molar-refractivity contribution in [3.8, 4) is 0 Å². The van der Waals surface area contributed by atoms with Gasteiger partial charge in [0.1, 0.15) is 11.3 Å². The Bertz CT molecular complexity index is 1310. The summed E-state index contributed by atoms with van der Waals surface area (Å²) in [6, 6.07) is 10.7. The van der Waals surface area contributed by atoms with Gasteiger partial charge in [-0.3, -0.25) is 9.69 Å². The maximum absolute atomic E-state index is 14.3. The molecule has 0 spiro atoms. The summed E-state index contributed by atoms with van der Waals surface area (Å²) in [4.78, 5) is 21.6. The van der Waals surface area contributed by atoms with Gasteiger partial charge >= 0.3 is 0 Å². The van der Waals surface area contributed by atoms with Crippen molar-refractivity contribution in [2.75, 3.05) is 52.3 Å². The second-order valence-electron chi connectivity index (χ2n) is 9.14.